The smallest absolute Gasteiger partial charge is 0.303 e. The number of ether oxygens (including phenoxy) is 4. The van der Waals surface area contributed by atoms with E-state index >= 15 is 0 Å². The summed E-state index contributed by atoms with van der Waals surface area (Å²) in [5.74, 6) is -3.00. The van der Waals surface area contributed by atoms with E-state index < -0.39 is 54.4 Å². The molecule has 3 atom stereocenters. The molecule has 1 aromatic carbocycles. The van der Waals surface area contributed by atoms with Gasteiger partial charge in [-0.25, -0.2) is 10.4 Å². The van der Waals surface area contributed by atoms with E-state index in [1.165, 1.54) is 0 Å². The van der Waals surface area contributed by atoms with Crippen LogP contribution in [0.3, 0.4) is 0 Å². The van der Waals surface area contributed by atoms with E-state index in [0.29, 0.717) is 10.9 Å². The van der Waals surface area contributed by atoms with Crippen LogP contribution in [0.1, 0.15) is 27.7 Å². The van der Waals surface area contributed by atoms with Crippen molar-refractivity contribution in [2.75, 3.05) is 12.0 Å². The topological polar surface area (TPSA) is 175 Å². The first-order valence-electron chi connectivity index (χ1n) is 10.00. The highest BCUT2D eigenvalue weighted by molar-refractivity contribution is 5.78. The number of carbonyl (C=O) groups is 4. The van der Waals surface area contributed by atoms with Crippen molar-refractivity contribution >= 4 is 46.9 Å². The highest BCUT2D eigenvalue weighted by atomic mass is 16.6. The molecule has 0 amide bonds. The number of aromatic amines is 1. The molecule has 0 aliphatic carbocycles. The number of H-pyrrole nitrogens is 1. The van der Waals surface area contributed by atoms with Crippen molar-refractivity contribution in [2.24, 2.45) is 5.10 Å². The van der Waals surface area contributed by atoms with Crippen LogP contribution in [0.25, 0.3) is 10.9 Å². The first kappa shape index (κ1) is 26.0. The molecule has 0 radical (unpaired) electrons. The van der Waals surface area contributed by atoms with E-state index in [4.69, 9.17) is 18.9 Å². The summed E-state index contributed by atoms with van der Waals surface area (Å²) in [5, 5.41) is 4.28. The van der Waals surface area contributed by atoms with Crippen LogP contribution >= 0.6 is 0 Å². The van der Waals surface area contributed by atoms with Crippen LogP contribution < -0.4 is 11.0 Å². The van der Waals surface area contributed by atoms with Crippen molar-refractivity contribution in [1.29, 1.82) is 0 Å². The average Bonchev–Trinajstić information content (AvgIpc) is 2.74. The van der Waals surface area contributed by atoms with E-state index in [1.54, 1.807) is 24.3 Å². The van der Waals surface area contributed by atoms with E-state index in [9.17, 15) is 24.0 Å². The summed E-state index contributed by atoms with van der Waals surface area (Å²) in [4.78, 5) is 65.1. The number of esters is 4. The minimum Gasteiger partial charge on any atom is -0.462 e. The zero-order valence-electron chi connectivity index (χ0n) is 18.9. The van der Waals surface area contributed by atoms with Gasteiger partial charge in [-0.3, -0.25) is 29.0 Å². The zero-order valence-corrected chi connectivity index (χ0v) is 18.9. The number of benzene rings is 1. The third-order valence-corrected chi connectivity index (χ3v) is 4.07. The number of para-hydroxylation sites is 1. The molecule has 34 heavy (non-hydrogen) atoms. The molecule has 2 N–H and O–H groups in total. The lowest BCUT2D eigenvalue weighted by Gasteiger charge is -2.29. The van der Waals surface area contributed by atoms with Gasteiger partial charge in [0.05, 0.1) is 17.1 Å². The molecule has 2 aromatic rings. The number of nitrogens with zero attached hydrogens (tertiary/aromatic N) is 2. The molecule has 1 heterocycles. The van der Waals surface area contributed by atoms with Crippen molar-refractivity contribution in [2.45, 2.75) is 46.0 Å². The predicted molar refractivity (Wildman–Crippen MR) is 118 cm³/mol. The SMILES string of the molecule is CC(=O)OCC(OC(C)=O)C(OC(C)=O)C(/C=N/Nc1nc2ccccc2c(=O)[nH]1)OC(C)=O. The molecule has 1 aromatic heterocycles. The van der Waals surface area contributed by atoms with Crippen molar-refractivity contribution < 1.29 is 38.1 Å². The van der Waals surface area contributed by atoms with Crippen LogP contribution in [-0.4, -0.2) is 65.0 Å². The molecular weight excluding hydrogens is 452 g/mol. The maximum Gasteiger partial charge on any atom is 0.303 e. The molecule has 0 bridgehead atoms. The molecule has 0 fully saturated rings. The van der Waals surface area contributed by atoms with Gasteiger partial charge in [-0.2, -0.15) is 5.10 Å². The molecule has 0 saturated carbocycles. The van der Waals surface area contributed by atoms with E-state index in [1.807, 2.05) is 0 Å². The van der Waals surface area contributed by atoms with Crippen molar-refractivity contribution in [3.63, 3.8) is 0 Å². The van der Waals surface area contributed by atoms with Crippen molar-refractivity contribution in [3.05, 3.63) is 34.6 Å². The summed E-state index contributed by atoms with van der Waals surface area (Å²) in [5.41, 5.74) is 2.50. The Kier molecular flexibility index (Phi) is 9.23. The summed E-state index contributed by atoms with van der Waals surface area (Å²) in [6, 6.07) is 6.64. The average molecular weight is 476 g/mol. The lowest BCUT2D eigenvalue weighted by Crippen LogP contribution is -2.48. The van der Waals surface area contributed by atoms with Gasteiger partial charge >= 0.3 is 23.9 Å². The fourth-order valence-corrected chi connectivity index (χ4v) is 2.84. The summed E-state index contributed by atoms with van der Waals surface area (Å²) in [6.07, 6.45) is -3.06. The highest BCUT2D eigenvalue weighted by Gasteiger charge is 2.37. The lowest BCUT2D eigenvalue weighted by molar-refractivity contribution is -0.183. The number of hydrazone groups is 1. The quantitative estimate of drug-likeness (QED) is 0.213. The van der Waals surface area contributed by atoms with E-state index in [0.717, 1.165) is 33.9 Å². The number of rotatable bonds is 10. The number of carbonyl (C=O) groups excluding carboxylic acids is 4. The molecule has 0 aliphatic heterocycles. The molecule has 13 nitrogen and oxygen atoms in total. The second-order valence-electron chi connectivity index (χ2n) is 6.92. The molecule has 0 aliphatic rings. The Morgan fingerprint density at radius 2 is 1.65 bits per heavy atom. The Morgan fingerprint density at radius 3 is 2.26 bits per heavy atom. The molecule has 0 saturated heterocycles. The maximum absolute atomic E-state index is 12.2. The van der Waals surface area contributed by atoms with Crippen molar-refractivity contribution in [3.8, 4) is 0 Å². The number of aromatic nitrogens is 2. The molecular formula is C21H24N4O9. The highest BCUT2D eigenvalue weighted by Crippen LogP contribution is 2.15. The Morgan fingerprint density at radius 1 is 1.00 bits per heavy atom. The normalized spacial score (nSPS) is 13.5. The standard InChI is InChI=1S/C21H24N4O9/c1-11(26)31-10-18(33-13(3)28)19(34-14(4)29)17(32-12(2)27)9-22-25-21-23-16-8-6-5-7-15(16)20(30)24-21/h5-9,17-19H,10H2,1-4H3,(H2,23,24,25,30)/b22-9+. The first-order valence-corrected chi connectivity index (χ1v) is 10.00. The summed E-state index contributed by atoms with van der Waals surface area (Å²) in [7, 11) is 0. The van der Waals surface area contributed by atoms with Gasteiger partial charge in [0.15, 0.2) is 18.3 Å². The molecule has 3 unspecified atom stereocenters. The van der Waals surface area contributed by atoms with Gasteiger partial charge < -0.3 is 18.9 Å². The van der Waals surface area contributed by atoms with Gasteiger partial charge in [0.2, 0.25) is 5.95 Å². The van der Waals surface area contributed by atoms with Crippen molar-refractivity contribution in [1.82, 2.24) is 9.97 Å². The van der Waals surface area contributed by atoms with Gasteiger partial charge in [0.25, 0.3) is 5.56 Å². The van der Waals surface area contributed by atoms with Gasteiger partial charge in [0.1, 0.15) is 6.61 Å². The van der Waals surface area contributed by atoms with Crippen LogP contribution in [0.15, 0.2) is 34.2 Å². The fraction of sp³-hybridized carbons (Fsp3) is 0.381. The molecule has 2 rings (SSSR count). The van der Waals surface area contributed by atoms with E-state index in [2.05, 4.69) is 20.5 Å². The predicted octanol–water partition coefficient (Wildman–Crippen LogP) is 0.679. The summed E-state index contributed by atoms with van der Waals surface area (Å²) >= 11 is 0. The molecule has 182 valence electrons. The van der Waals surface area contributed by atoms with Gasteiger partial charge in [-0.1, -0.05) is 12.1 Å². The van der Waals surface area contributed by atoms with E-state index in [-0.39, 0.29) is 5.95 Å². The van der Waals surface area contributed by atoms with Crippen LogP contribution in [0.5, 0.6) is 0 Å². The van der Waals surface area contributed by atoms with Gasteiger partial charge in [-0.05, 0) is 12.1 Å². The monoisotopic (exact) mass is 476 g/mol. The van der Waals surface area contributed by atoms with Gasteiger partial charge in [-0.15, -0.1) is 0 Å². The fourth-order valence-electron chi connectivity index (χ4n) is 2.84. The first-order chi connectivity index (χ1) is 16.1. The Balaban J connectivity index is 2.34. The largest absolute Gasteiger partial charge is 0.462 e. The summed E-state index contributed by atoms with van der Waals surface area (Å²) in [6.45, 7) is 3.95. The minimum absolute atomic E-state index is 0.0120. The van der Waals surface area contributed by atoms with Crippen LogP contribution in [0.2, 0.25) is 0 Å². The molecule has 0 spiro atoms. The maximum atomic E-state index is 12.2. The molecule has 13 heteroatoms. The Labute approximate surface area is 193 Å². The van der Waals surface area contributed by atoms with Crippen LogP contribution in [0, 0.1) is 0 Å². The second kappa shape index (κ2) is 12.1. The number of nitrogens with one attached hydrogen (secondary N) is 2. The minimum atomic E-state index is -1.42. The third-order valence-electron chi connectivity index (χ3n) is 4.07. The lowest BCUT2D eigenvalue weighted by atomic mass is 10.1. The van der Waals surface area contributed by atoms with Crippen LogP contribution in [0.4, 0.5) is 5.95 Å². The second-order valence-corrected chi connectivity index (χ2v) is 6.92. The Bertz CT molecular complexity index is 1140. The number of hydrogen-bond acceptors (Lipinski definition) is 12. The Hall–Kier alpha value is -4.29. The summed E-state index contributed by atoms with van der Waals surface area (Å²) < 4.78 is 20.4. The number of hydrogen-bond donors (Lipinski definition) is 2. The van der Waals surface area contributed by atoms with Crippen LogP contribution in [-0.2, 0) is 38.1 Å². The number of anilines is 1. The zero-order chi connectivity index (χ0) is 25.3. The van der Waals surface area contributed by atoms with Gasteiger partial charge in [0, 0.05) is 27.7 Å². The number of fused-ring (bicyclic) bond motifs is 1. The third kappa shape index (κ3) is 8.00.